The second kappa shape index (κ2) is 5.11. The highest BCUT2D eigenvalue weighted by molar-refractivity contribution is 7.84. The molecule has 4 aromatic rings. The number of rotatable bonds is 2. The lowest BCUT2D eigenvalue weighted by Gasteiger charge is -2.07. The number of hydrogen-bond donors (Lipinski definition) is 1. The third-order valence-corrected chi connectivity index (χ3v) is 4.99. The molecule has 3 aromatic carbocycles. The summed E-state index contributed by atoms with van der Waals surface area (Å²) < 4.78 is 11.9. The van der Waals surface area contributed by atoms with Gasteiger partial charge in [-0.1, -0.05) is 48.5 Å². The number of para-hydroxylation sites is 1. The fourth-order valence-electron chi connectivity index (χ4n) is 2.98. The Labute approximate surface area is 131 Å². The van der Waals surface area contributed by atoms with E-state index in [1.807, 2.05) is 30.3 Å². The lowest BCUT2D eigenvalue weighted by Crippen LogP contribution is -1.91. The molecule has 0 radical (unpaired) electrons. The van der Waals surface area contributed by atoms with Crippen molar-refractivity contribution < 1.29 is 4.21 Å². The first-order valence-electron chi connectivity index (χ1n) is 7.17. The van der Waals surface area contributed by atoms with Crippen LogP contribution in [0, 0.1) is 0 Å². The Morgan fingerprint density at radius 2 is 1.55 bits per heavy atom. The van der Waals surface area contributed by atoms with Crippen LogP contribution in [-0.2, 0) is 10.8 Å². The Kier molecular flexibility index (Phi) is 3.09. The largest absolute Gasteiger partial charge is 0.354 e. The van der Waals surface area contributed by atoms with Crippen LogP contribution in [0.2, 0.25) is 0 Å². The van der Waals surface area contributed by atoms with Crippen LogP contribution in [0.5, 0.6) is 0 Å². The number of nitrogens with one attached hydrogen (secondary N) is 1. The number of benzene rings is 3. The first-order valence-corrected chi connectivity index (χ1v) is 8.73. The van der Waals surface area contributed by atoms with Crippen molar-refractivity contribution in [3.8, 4) is 11.1 Å². The van der Waals surface area contributed by atoms with Crippen LogP contribution in [0.15, 0.2) is 71.6 Å². The molecule has 1 N–H and O–H groups in total. The van der Waals surface area contributed by atoms with Crippen LogP contribution in [0.1, 0.15) is 0 Å². The van der Waals surface area contributed by atoms with Gasteiger partial charge in [-0.15, -0.1) is 0 Å². The molecule has 1 heterocycles. The molecule has 0 saturated carbocycles. The van der Waals surface area contributed by atoms with Crippen molar-refractivity contribution in [3.63, 3.8) is 0 Å². The fraction of sp³-hybridized carbons (Fsp3) is 0.0526. The van der Waals surface area contributed by atoms with E-state index in [9.17, 15) is 4.21 Å². The number of aromatic amines is 1. The molecule has 0 amide bonds. The predicted molar refractivity (Wildman–Crippen MR) is 93.6 cm³/mol. The lowest BCUT2D eigenvalue weighted by atomic mass is 10.0. The molecule has 4 rings (SSSR count). The van der Waals surface area contributed by atoms with Crippen LogP contribution < -0.4 is 0 Å². The van der Waals surface area contributed by atoms with Gasteiger partial charge in [0.15, 0.2) is 0 Å². The van der Waals surface area contributed by atoms with E-state index in [1.54, 1.807) is 6.26 Å². The summed E-state index contributed by atoms with van der Waals surface area (Å²) in [6, 6.07) is 22.6. The molecule has 1 atom stereocenters. The van der Waals surface area contributed by atoms with E-state index in [-0.39, 0.29) is 0 Å². The molecule has 0 aliphatic heterocycles. The van der Waals surface area contributed by atoms with Gasteiger partial charge in [0.2, 0.25) is 0 Å². The smallest absolute Gasteiger partial charge is 0.0504 e. The minimum Gasteiger partial charge on any atom is -0.354 e. The van der Waals surface area contributed by atoms with Crippen molar-refractivity contribution in [2.24, 2.45) is 0 Å². The van der Waals surface area contributed by atoms with Crippen molar-refractivity contribution >= 4 is 32.6 Å². The highest BCUT2D eigenvalue weighted by atomic mass is 32.2. The molecule has 0 aliphatic rings. The summed E-state index contributed by atoms with van der Waals surface area (Å²) >= 11 is 0. The number of hydrogen-bond acceptors (Lipinski definition) is 1. The highest BCUT2D eigenvalue weighted by Gasteiger charge is 2.10. The number of H-pyrrole nitrogens is 1. The molecule has 108 valence electrons. The summed E-state index contributed by atoms with van der Waals surface area (Å²) in [5.41, 5.74) is 4.37. The zero-order valence-corrected chi connectivity index (χ0v) is 13.0. The van der Waals surface area contributed by atoms with Gasteiger partial charge in [0.05, 0.1) is 10.8 Å². The maximum Gasteiger partial charge on any atom is 0.0504 e. The van der Waals surface area contributed by atoms with Crippen molar-refractivity contribution in [1.29, 1.82) is 0 Å². The first kappa shape index (κ1) is 13.3. The van der Waals surface area contributed by atoms with Gasteiger partial charge in [-0.25, -0.2) is 0 Å². The Bertz CT molecular complexity index is 1020. The fourth-order valence-corrected chi connectivity index (χ4v) is 3.74. The predicted octanol–water partition coefficient (Wildman–Crippen LogP) is 4.73. The van der Waals surface area contributed by atoms with Gasteiger partial charge in [-0.05, 0) is 29.3 Å². The van der Waals surface area contributed by atoms with Gasteiger partial charge >= 0.3 is 0 Å². The lowest BCUT2D eigenvalue weighted by molar-refractivity contribution is 0.687. The van der Waals surface area contributed by atoms with Gasteiger partial charge in [0.1, 0.15) is 0 Å². The summed E-state index contributed by atoms with van der Waals surface area (Å²) in [5, 5.41) is 2.45. The molecule has 0 fully saturated rings. The molecule has 1 aromatic heterocycles. The second-order valence-corrected chi connectivity index (χ2v) is 6.73. The SMILES string of the molecule is CS(=O)c1ccccc1-c1ccc2c(c1)[nH]c1ccccc12. The summed E-state index contributed by atoms with van der Waals surface area (Å²) in [6.45, 7) is 0. The van der Waals surface area contributed by atoms with E-state index in [1.165, 1.54) is 10.8 Å². The molecular weight excluding hydrogens is 290 g/mol. The maximum absolute atomic E-state index is 11.9. The number of aromatic nitrogens is 1. The van der Waals surface area contributed by atoms with Crippen LogP contribution in [0.4, 0.5) is 0 Å². The third-order valence-electron chi connectivity index (χ3n) is 4.01. The average molecular weight is 305 g/mol. The van der Waals surface area contributed by atoms with Gasteiger partial charge in [0, 0.05) is 33.0 Å². The summed E-state index contributed by atoms with van der Waals surface area (Å²) in [6.07, 6.45) is 1.72. The molecule has 3 heteroatoms. The normalized spacial score (nSPS) is 12.8. The van der Waals surface area contributed by atoms with E-state index in [0.717, 1.165) is 27.1 Å². The van der Waals surface area contributed by atoms with Crippen LogP contribution in [-0.4, -0.2) is 15.4 Å². The minimum atomic E-state index is -1.000. The highest BCUT2D eigenvalue weighted by Crippen LogP contribution is 2.31. The standard InChI is InChI=1S/C19H15NOS/c1-22(21)19-9-5-3-6-14(19)13-10-11-16-15-7-2-4-8-17(15)20-18(16)12-13/h2-12,20H,1H3. The quantitative estimate of drug-likeness (QED) is 0.571. The van der Waals surface area contributed by atoms with E-state index in [4.69, 9.17) is 0 Å². The van der Waals surface area contributed by atoms with Gasteiger partial charge < -0.3 is 4.98 Å². The van der Waals surface area contributed by atoms with Gasteiger partial charge in [-0.2, -0.15) is 0 Å². The van der Waals surface area contributed by atoms with Crippen molar-refractivity contribution in [3.05, 3.63) is 66.7 Å². The topological polar surface area (TPSA) is 32.9 Å². The van der Waals surface area contributed by atoms with Crippen molar-refractivity contribution in [1.82, 2.24) is 4.98 Å². The van der Waals surface area contributed by atoms with E-state index < -0.39 is 10.8 Å². The summed E-state index contributed by atoms with van der Waals surface area (Å²) in [5.74, 6) is 0. The van der Waals surface area contributed by atoms with Crippen LogP contribution >= 0.6 is 0 Å². The molecule has 0 saturated heterocycles. The average Bonchev–Trinajstić information content (AvgIpc) is 2.92. The van der Waals surface area contributed by atoms with Crippen LogP contribution in [0.3, 0.4) is 0 Å². The van der Waals surface area contributed by atoms with Gasteiger partial charge in [0.25, 0.3) is 0 Å². The van der Waals surface area contributed by atoms with Crippen molar-refractivity contribution in [2.75, 3.05) is 6.26 Å². The molecule has 0 spiro atoms. The molecule has 22 heavy (non-hydrogen) atoms. The monoisotopic (exact) mass is 305 g/mol. The zero-order valence-electron chi connectivity index (χ0n) is 12.2. The van der Waals surface area contributed by atoms with Crippen LogP contribution in [0.25, 0.3) is 32.9 Å². The van der Waals surface area contributed by atoms with Gasteiger partial charge in [-0.3, -0.25) is 4.21 Å². The Balaban J connectivity index is 1.97. The second-order valence-electron chi connectivity index (χ2n) is 5.38. The Morgan fingerprint density at radius 3 is 2.41 bits per heavy atom. The first-order chi connectivity index (χ1) is 10.7. The maximum atomic E-state index is 11.9. The molecule has 0 aliphatic carbocycles. The Morgan fingerprint density at radius 1 is 0.818 bits per heavy atom. The molecular formula is C19H15NOS. The molecule has 1 unspecified atom stereocenters. The van der Waals surface area contributed by atoms with E-state index in [0.29, 0.717) is 0 Å². The third kappa shape index (κ3) is 2.06. The molecule has 0 bridgehead atoms. The van der Waals surface area contributed by atoms with E-state index >= 15 is 0 Å². The van der Waals surface area contributed by atoms with Crippen molar-refractivity contribution in [2.45, 2.75) is 4.90 Å². The minimum absolute atomic E-state index is 0.873. The summed E-state index contributed by atoms with van der Waals surface area (Å²) in [7, 11) is -1.000. The molecule has 2 nitrogen and oxygen atoms in total. The summed E-state index contributed by atoms with van der Waals surface area (Å²) in [4.78, 5) is 4.33. The zero-order chi connectivity index (χ0) is 15.1. The Hall–Kier alpha value is -2.39. The number of fused-ring (bicyclic) bond motifs is 3. The van der Waals surface area contributed by atoms with E-state index in [2.05, 4.69) is 41.4 Å².